The number of aromatic nitrogens is 1. The molecule has 0 radical (unpaired) electrons. The number of carbonyl (C=O) groups is 2. The van der Waals surface area contributed by atoms with Crippen molar-refractivity contribution in [3.63, 3.8) is 0 Å². The van der Waals surface area contributed by atoms with E-state index in [1.807, 2.05) is 0 Å². The Bertz CT molecular complexity index is 417. The van der Waals surface area contributed by atoms with Crippen LogP contribution in [-0.4, -0.2) is 48.3 Å². The molecule has 0 bridgehead atoms. The quantitative estimate of drug-likeness (QED) is 0.531. The molecule has 1 aliphatic rings. The van der Waals surface area contributed by atoms with E-state index in [9.17, 15) is 9.59 Å². The lowest BCUT2D eigenvalue weighted by Gasteiger charge is -2.24. The number of nitrogens with zero attached hydrogens (tertiary/aromatic N) is 2. The molecular formula is C11H12N2O5. The third-order valence-electron chi connectivity index (χ3n) is 2.19. The Labute approximate surface area is 103 Å². The zero-order valence-corrected chi connectivity index (χ0v) is 9.57. The lowest BCUT2D eigenvalue weighted by Crippen LogP contribution is -2.40. The molecule has 1 aromatic heterocycles. The van der Waals surface area contributed by atoms with E-state index in [-0.39, 0.29) is 5.75 Å². The molecular weight excluding hydrogens is 240 g/mol. The number of morpholine rings is 1. The van der Waals surface area contributed by atoms with Crippen molar-refractivity contribution >= 4 is 11.9 Å². The van der Waals surface area contributed by atoms with Crippen LogP contribution in [0.4, 0.5) is 0 Å². The predicted octanol–water partition coefficient (Wildman–Crippen LogP) is -0.223. The van der Waals surface area contributed by atoms with Crippen LogP contribution in [-0.2, 0) is 19.2 Å². The molecule has 0 unspecified atom stereocenters. The number of carbonyl (C=O) groups excluding carboxylic acids is 2. The van der Waals surface area contributed by atoms with E-state index in [2.05, 4.69) is 4.98 Å². The molecule has 1 aliphatic heterocycles. The van der Waals surface area contributed by atoms with E-state index >= 15 is 0 Å². The van der Waals surface area contributed by atoms with Gasteiger partial charge in [0.2, 0.25) is 0 Å². The number of rotatable bonds is 2. The fourth-order valence-electron chi connectivity index (χ4n) is 1.35. The molecule has 1 saturated heterocycles. The van der Waals surface area contributed by atoms with Crippen LogP contribution in [0.2, 0.25) is 0 Å². The van der Waals surface area contributed by atoms with E-state index in [4.69, 9.17) is 14.3 Å². The van der Waals surface area contributed by atoms with E-state index in [0.29, 0.717) is 26.3 Å². The summed E-state index contributed by atoms with van der Waals surface area (Å²) in [5, 5.41) is 1.37. The van der Waals surface area contributed by atoms with Crippen LogP contribution in [0.15, 0.2) is 24.5 Å². The summed E-state index contributed by atoms with van der Waals surface area (Å²) in [5.74, 6) is -1.93. The molecule has 7 heteroatoms. The van der Waals surface area contributed by atoms with Crippen molar-refractivity contribution in [1.29, 1.82) is 0 Å². The smallest absolute Gasteiger partial charge is 0.416 e. The van der Waals surface area contributed by atoms with Crippen molar-refractivity contribution in [3.8, 4) is 5.75 Å². The van der Waals surface area contributed by atoms with Gasteiger partial charge in [0.25, 0.3) is 0 Å². The van der Waals surface area contributed by atoms with Gasteiger partial charge in [-0.3, -0.25) is 4.98 Å². The second-order valence-electron chi connectivity index (χ2n) is 3.50. The third kappa shape index (κ3) is 3.51. The molecule has 0 atom stereocenters. The monoisotopic (exact) mass is 252 g/mol. The molecule has 0 aromatic carbocycles. The maximum Gasteiger partial charge on any atom is 0.436 e. The van der Waals surface area contributed by atoms with Crippen LogP contribution >= 0.6 is 0 Å². The van der Waals surface area contributed by atoms with Gasteiger partial charge in [-0.15, -0.1) is 5.06 Å². The summed E-state index contributed by atoms with van der Waals surface area (Å²) < 4.78 is 9.86. The first-order chi connectivity index (χ1) is 8.75. The molecule has 0 N–H and O–H groups in total. The fourth-order valence-corrected chi connectivity index (χ4v) is 1.35. The van der Waals surface area contributed by atoms with Gasteiger partial charge in [-0.1, -0.05) is 0 Å². The zero-order valence-electron chi connectivity index (χ0n) is 9.57. The van der Waals surface area contributed by atoms with Gasteiger partial charge in [-0.2, -0.15) is 0 Å². The minimum atomic E-state index is -1.07. The van der Waals surface area contributed by atoms with Crippen molar-refractivity contribution in [2.45, 2.75) is 0 Å². The van der Waals surface area contributed by atoms with Gasteiger partial charge in [0.05, 0.1) is 32.5 Å². The normalized spacial score (nSPS) is 16.0. The van der Waals surface area contributed by atoms with E-state index in [1.165, 1.54) is 23.5 Å². The van der Waals surface area contributed by atoms with Crippen molar-refractivity contribution in [2.75, 3.05) is 26.3 Å². The van der Waals surface area contributed by atoms with Gasteiger partial charge in [0.15, 0.2) is 0 Å². The highest BCUT2D eigenvalue weighted by molar-refractivity contribution is 6.30. The highest BCUT2D eigenvalue weighted by Crippen LogP contribution is 2.07. The first-order valence-electron chi connectivity index (χ1n) is 5.42. The highest BCUT2D eigenvalue weighted by Gasteiger charge is 2.23. The van der Waals surface area contributed by atoms with Gasteiger partial charge in [0.1, 0.15) is 5.75 Å². The highest BCUT2D eigenvalue weighted by atomic mass is 16.7. The minimum Gasteiger partial charge on any atom is -0.416 e. The lowest BCUT2D eigenvalue weighted by atomic mass is 10.5. The molecule has 0 amide bonds. The molecule has 1 aromatic rings. The zero-order chi connectivity index (χ0) is 12.8. The largest absolute Gasteiger partial charge is 0.436 e. The van der Waals surface area contributed by atoms with E-state index in [1.54, 1.807) is 6.07 Å². The van der Waals surface area contributed by atoms with Crippen molar-refractivity contribution in [1.82, 2.24) is 10.0 Å². The topological polar surface area (TPSA) is 78.0 Å². The number of hydrogen-bond donors (Lipinski definition) is 0. The summed E-state index contributed by atoms with van der Waals surface area (Å²) in [6.07, 6.45) is 2.86. The number of esters is 1. The van der Waals surface area contributed by atoms with Crippen LogP contribution in [0.1, 0.15) is 0 Å². The second-order valence-corrected chi connectivity index (χ2v) is 3.50. The van der Waals surface area contributed by atoms with Crippen LogP contribution in [0.25, 0.3) is 0 Å². The SMILES string of the molecule is O=C(Oc1cccnc1)C(=O)ON1CCOCC1. The number of hydroxylamine groups is 2. The number of hydrogen-bond acceptors (Lipinski definition) is 7. The van der Waals surface area contributed by atoms with Crippen LogP contribution in [0.5, 0.6) is 5.75 Å². The molecule has 7 nitrogen and oxygen atoms in total. The van der Waals surface area contributed by atoms with Crippen molar-refractivity contribution in [2.24, 2.45) is 0 Å². The molecule has 18 heavy (non-hydrogen) atoms. The van der Waals surface area contributed by atoms with E-state index < -0.39 is 11.9 Å². The predicted molar refractivity (Wildman–Crippen MR) is 58.4 cm³/mol. The lowest BCUT2D eigenvalue weighted by molar-refractivity contribution is -0.209. The standard InChI is InChI=1S/C11H12N2O5/c14-10(17-9-2-1-3-12-8-9)11(15)18-13-4-6-16-7-5-13/h1-3,8H,4-7H2. The fraction of sp³-hybridized carbons (Fsp3) is 0.364. The summed E-state index contributed by atoms with van der Waals surface area (Å²) >= 11 is 0. The molecule has 0 aliphatic carbocycles. The summed E-state index contributed by atoms with van der Waals surface area (Å²) in [5.41, 5.74) is 0. The van der Waals surface area contributed by atoms with Gasteiger partial charge in [-0.25, -0.2) is 9.59 Å². The summed E-state index contributed by atoms with van der Waals surface area (Å²) in [6.45, 7) is 1.80. The van der Waals surface area contributed by atoms with Gasteiger partial charge in [-0.05, 0) is 12.1 Å². The minimum absolute atomic E-state index is 0.196. The average molecular weight is 252 g/mol. The van der Waals surface area contributed by atoms with Crippen LogP contribution in [0, 0.1) is 0 Å². The second kappa shape index (κ2) is 6.08. The Morgan fingerprint density at radius 3 is 2.72 bits per heavy atom. The van der Waals surface area contributed by atoms with Crippen molar-refractivity contribution in [3.05, 3.63) is 24.5 Å². The van der Waals surface area contributed by atoms with Gasteiger partial charge in [0, 0.05) is 6.20 Å². The molecule has 2 heterocycles. The van der Waals surface area contributed by atoms with Gasteiger partial charge < -0.3 is 14.3 Å². The summed E-state index contributed by atoms with van der Waals surface area (Å²) in [6, 6.07) is 3.11. The number of ether oxygens (including phenoxy) is 2. The maximum atomic E-state index is 11.4. The summed E-state index contributed by atoms with van der Waals surface area (Å²) in [7, 11) is 0. The number of pyridine rings is 1. The molecule has 96 valence electrons. The Kier molecular flexibility index (Phi) is 4.21. The first-order valence-corrected chi connectivity index (χ1v) is 5.42. The van der Waals surface area contributed by atoms with E-state index in [0.717, 1.165) is 0 Å². The van der Waals surface area contributed by atoms with Crippen LogP contribution < -0.4 is 4.74 Å². The molecule has 2 rings (SSSR count). The van der Waals surface area contributed by atoms with Crippen molar-refractivity contribution < 1.29 is 23.9 Å². The average Bonchev–Trinajstić information content (AvgIpc) is 2.41. The Morgan fingerprint density at radius 1 is 1.28 bits per heavy atom. The molecule has 0 saturated carbocycles. The molecule has 1 fully saturated rings. The summed E-state index contributed by atoms with van der Waals surface area (Å²) in [4.78, 5) is 31.4. The Hall–Kier alpha value is -1.99. The maximum absolute atomic E-state index is 11.4. The Balaban J connectivity index is 1.83. The first kappa shape index (κ1) is 12.5. The van der Waals surface area contributed by atoms with Gasteiger partial charge >= 0.3 is 11.9 Å². The third-order valence-corrected chi connectivity index (χ3v) is 2.19. The Morgan fingerprint density at radius 2 is 2.06 bits per heavy atom. The van der Waals surface area contributed by atoms with Crippen LogP contribution in [0.3, 0.4) is 0 Å². The molecule has 0 spiro atoms.